The molecule has 204 valence electrons. The number of pyridine rings is 1. The molecule has 2 aliphatic rings. The number of benzene rings is 1. The van der Waals surface area contributed by atoms with E-state index in [1.165, 1.54) is 0 Å². The van der Waals surface area contributed by atoms with Crippen LogP contribution in [0, 0.1) is 16.7 Å². The third-order valence-corrected chi connectivity index (χ3v) is 7.67. The Balaban J connectivity index is 1.45. The Morgan fingerprint density at radius 2 is 2.03 bits per heavy atom. The minimum atomic E-state index is -1.25. The van der Waals surface area contributed by atoms with Crippen LogP contribution in [0.15, 0.2) is 36.5 Å². The molecule has 9 nitrogen and oxygen atoms in total. The molecule has 0 saturated carbocycles. The number of aromatic nitrogens is 1. The highest BCUT2D eigenvalue weighted by Crippen LogP contribution is 2.47. The second kappa shape index (κ2) is 11.2. The van der Waals surface area contributed by atoms with Gasteiger partial charge in [-0.15, -0.1) is 0 Å². The van der Waals surface area contributed by atoms with E-state index in [4.69, 9.17) is 14.2 Å². The van der Waals surface area contributed by atoms with E-state index in [9.17, 15) is 15.2 Å². The van der Waals surface area contributed by atoms with Gasteiger partial charge in [0.05, 0.1) is 38.8 Å². The van der Waals surface area contributed by atoms with Crippen LogP contribution in [0.4, 0.5) is 5.82 Å². The zero-order chi connectivity index (χ0) is 27.5. The molecule has 1 aromatic heterocycles. The number of carbonyl (C=O) groups is 1. The minimum Gasteiger partial charge on any atom is -0.493 e. The summed E-state index contributed by atoms with van der Waals surface area (Å²) in [5, 5.41) is 19.1. The molecule has 1 amide bonds. The van der Waals surface area contributed by atoms with E-state index < -0.39 is 5.79 Å². The number of nitriles is 1. The number of rotatable bonds is 10. The first-order chi connectivity index (χ1) is 18.1. The average Bonchev–Trinajstić information content (AvgIpc) is 3.23. The number of aliphatic hydroxyl groups is 1. The highest BCUT2D eigenvalue weighted by molar-refractivity contribution is 5.77. The summed E-state index contributed by atoms with van der Waals surface area (Å²) < 4.78 is 17.3. The molecule has 2 aromatic rings. The predicted octanol–water partition coefficient (Wildman–Crippen LogP) is 3.71. The molecule has 0 bridgehead atoms. The lowest BCUT2D eigenvalue weighted by molar-refractivity contribution is -0.178. The van der Waals surface area contributed by atoms with Gasteiger partial charge in [0.2, 0.25) is 5.91 Å². The Kier molecular flexibility index (Phi) is 8.14. The fraction of sp³-hybridized carbons (Fsp3) is 0.552. The number of nitrogens with zero attached hydrogens (tertiary/aromatic N) is 4. The van der Waals surface area contributed by atoms with E-state index >= 15 is 0 Å². The Morgan fingerprint density at radius 3 is 2.68 bits per heavy atom. The Labute approximate surface area is 224 Å². The van der Waals surface area contributed by atoms with E-state index in [0.717, 1.165) is 12.0 Å². The topological polar surface area (TPSA) is 108 Å². The molecule has 0 aliphatic carbocycles. The quantitative estimate of drug-likeness (QED) is 0.471. The zero-order valence-corrected chi connectivity index (χ0v) is 22.9. The average molecular weight is 523 g/mol. The van der Waals surface area contributed by atoms with Gasteiger partial charge in [0.1, 0.15) is 18.0 Å². The van der Waals surface area contributed by atoms with Crippen LogP contribution in [0.1, 0.15) is 57.6 Å². The number of amides is 1. The van der Waals surface area contributed by atoms with Crippen molar-refractivity contribution < 1.29 is 24.1 Å². The number of hydrogen-bond acceptors (Lipinski definition) is 8. The molecule has 3 heterocycles. The van der Waals surface area contributed by atoms with E-state index in [-0.39, 0.29) is 36.4 Å². The molecular formula is C29H38N4O5. The molecule has 0 spiro atoms. The van der Waals surface area contributed by atoms with Crippen molar-refractivity contribution >= 4 is 11.7 Å². The molecule has 2 atom stereocenters. The smallest absolute Gasteiger partial charge is 0.224 e. The second-order valence-corrected chi connectivity index (χ2v) is 10.9. The van der Waals surface area contributed by atoms with E-state index in [2.05, 4.69) is 31.0 Å². The lowest BCUT2D eigenvalue weighted by atomic mass is 9.74. The van der Waals surface area contributed by atoms with Crippen molar-refractivity contribution in [2.45, 2.75) is 58.3 Å². The summed E-state index contributed by atoms with van der Waals surface area (Å²) >= 11 is 0. The second-order valence-electron chi connectivity index (χ2n) is 10.9. The highest BCUT2D eigenvalue weighted by atomic mass is 16.6. The van der Waals surface area contributed by atoms with Gasteiger partial charge in [-0.2, -0.15) is 5.26 Å². The van der Waals surface area contributed by atoms with Crippen molar-refractivity contribution in [3.05, 3.63) is 47.7 Å². The Hall–Kier alpha value is -3.35. The van der Waals surface area contributed by atoms with Gasteiger partial charge in [0, 0.05) is 25.2 Å². The minimum absolute atomic E-state index is 0.0298. The molecular weight excluding hydrogens is 484 g/mol. The maximum Gasteiger partial charge on any atom is 0.224 e. The maximum absolute atomic E-state index is 13.0. The summed E-state index contributed by atoms with van der Waals surface area (Å²) in [5.74, 6) is 0.941. The monoisotopic (exact) mass is 522 g/mol. The molecule has 38 heavy (non-hydrogen) atoms. The summed E-state index contributed by atoms with van der Waals surface area (Å²) in [6.45, 7) is 10.2. The molecule has 2 unspecified atom stereocenters. The highest BCUT2D eigenvalue weighted by Gasteiger charge is 2.44. The van der Waals surface area contributed by atoms with Gasteiger partial charge >= 0.3 is 0 Å². The number of carbonyl (C=O) groups excluding carboxylic acids is 1. The van der Waals surface area contributed by atoms with Crippen molar-refractivity contribution in [1.82, 2.24) is 9.88 Å². The van der Waals surface area contributed by atoms with Crippen molar-refractivity contribution in [1.29, 1.82) is 5.26 Å². The van der Waals surface area contributed by atoms with Crippen molar-refractivity contribution in [2.75, 3.05) is 44.8 Å². The first-order valence-electron chi connectivity index (χ1n) is 13.2. The van der Waals surface area contributed by atoms with Gasteiger partial charge in [0.15, 0.2) is 17.3 Å². The number of ether oxygens (including phenoxy) is 3. The van der Waals surface area contributed by atoms with E-state index in [1.807, 2.05) is 21.9 Å². The molecule has 2 fully saturated rings. The van der Waals surface area contributed by atoms with Crippen LogP contribution < -0.4 is 14.4 Å². The Morgan fingerprint density at radius 1 is 1.26 bits per heavy atom. The van der Waals surface area contributed by atoms with Gasteiger partial charge in [-0.3, -0.25) is 4.79 Å². The fourth-order valence-corrected chi connectivity index (χ4v) is 5.26. The summed E-state index contributed by atoms with van der Waals surface area (Å²) in [5.41, 5.74) is 1.58. The molecule has 2 saturated heterocycles. The first-order valence-corrected chi connectivity index (χ1v) is 13.2. The lowest BCUT2D eigenvalue weighted by Gasteiger charge is -2.40. The van der Waals surface area contributed by atoms with Crippen LogP contribution >= 0.6 is 0 Å². The number of hydrogen-bond donors (Lipinski definition) is 1. The Bertz CT molecular complexity index is 1180. The van der Waals surface area contributed by atoms with Crippen LogP contribution in [0.2, 0.25) is 0 Å². The first kappa shape index (κ1) is 27.7. The number of methoxy groups -OCH3 is 1. The van der Waals surface area contributed by atoms with Gasteiger partial charge in [-0.1, -0.05) is 19.9 Å². The van der Waals surface area contributed by atoms with Crippen LogP contribution in [0.25, 0.3) is 0 Å². The van der Waals surface area contributed by atoms with Gasteiger partial charge in [0.25, 0.3) is 0 Å². The molecule has 1 aromatic carbocycles. The van der Waals surface area contributed by atoms with E-state index in [0.29, 0.717) is 49.1 Å². The number of anilines is 1. The molecule has 1 N–H and O–H groups in total. The lowest BCUT2D eigenvalue weighted by Crippen LogP contribution is -2.54. The van der Waals surface area contributed by atoms with Gasteiger partial charge in [-0.05, 0) is 55.5 Å². The molecule has 4 rings (SSSR count). The van der Waals surface area contributed by atoms with Gasteiger partial charge < -0.3 is 29.1 Å². The summed E-state index contributed by atoms with van der Waals surface area (Å²) in [6.07, 6.45) is 2.79. The van der Waals surface area contributed by atoms with Gasteiger partial charge in [-0.25, -0.2) is 4.98 Å². The SMILES string of the molecule is CCC1(C)CN(C(=O)CCOC(C)(C)O)CC1c1ccc(OC)c(OC2CN(c3ncccc3C#N)C2)c1. The summed E-state index contributed by atoms with van der Waals surface area (Å²) in [6, 6.07) is 11.8. The normalized spacial score (nSPS) is 21.7. The molecule has 2 aliphatic heterocycles. The third-order valence-electron chi connectivity index (χ3n) is 7.67. The van der Waals surface area contributed by atoms with Crippen LogP contribution in [0.5, 0.6) is 11.5 Å². The predicted molar refractivity (Wildman–Crippen MR) is 143 cm³/mol. The van der Waals surface area contributed by atoms with Crippen LogP contribution in [0.3, 0.4) is 0 Å². The van der Waals surface area contributed by atoms with Crippen LogP contribution in [-0.4, -0.2) is 72.7 Å². The largest absolute Gasteiger partial charge is 0.493 e. The summed E-state index contributed by atoms with van der Waals surface area (Å²) in [7, 11) is 1.63. The zero-order valence-electron chi connectivity index (χ0n) is 22.9. The van der Waals surface area contributed by atoms with Crippen molar-refractivity contribution in [3.8, 4) is 17.6 Å². The fourth-order valence-electron chi connectivity index (χ4n) is 5.26. The third kappa shape index (κ3) is 6.03. The molecule has 9 heteroatoms. The maximum atomic E-state index is 13.0. The summed E-state index contributed by atoms with van der Waals surface area (Å²) in [4.78, 5) is 21.3. The number of likely N-dealkylation sites (tertiary alicyclic amines) is 1. The van der Waals surface area contributed by atoms with E-state index in [1.54, 1.807) is 39.3 Å². The van der Waals surface area contributed by atoms with Crippen molar-refractivity contribution in [2.24, 2.45) is 5.41 Å². The standard InChI is InChI=1S/C29H38N4O5/c1-6-29(4)19-33(26(34)11-13-37-28(2,3)35)18-23(29)20-9-10-24(36-5)25(14-20)38-22-16-32(17-22)27-21(15-30)8-7-12-31-27/h7-10,12,14,22-23,35H,6,11,13,16-19H2,1-5H3. The van der Waals surface area contributed by atoms with Crippen molar-refractivity contribution in [3.63, 3.8) is 0 Å². The van der Waals surface area contributed by atoms with Crippen LogP contribution in [-0.2, 0) is 9.53 Å². The molecule has 0 radical (unpaired) electrons.